The van der Waals surface area contributed by atoms with E-state index in [9.17, 15) is 0 Å². The SMILES string of the molecule is c1ccc(-c2cc(-c3nn4c(-c5ccccc5)nnc4s3)c3ccccc3n2)cc1. The number of pyridine rings is 1. The van der Waals surface area contributed by atoms with Crippen LogP contribution in [0, 0.1) is 0 Å². The van der Waals surface area contributed by atoms with Gasteiger partial charge in [0, 0.05) is 22.1 Å². The number of rotatable bonds is 3. The van der Waals surface area contributed by atoms with Crippen LogP contribution in [0.5, 0.6) is 0 Å². The first-order valence-electron chi connectivity index (χ1n) is 9.60. The van der Waals surface area contributed by atoms with Crippen molar-refractivity contribution in [2.75, 3.05) is 0 Å². The summed E-state index contributed by atoms with van der Waals surface area (Å²) in [5.41, 5.74) is 5.00. The fourth-order valence-electron chi connectivity index (χ4n) is 3.60. The Morgan fingerprint density at radius 1 is 0.700 bits per heavy atom. The van der Waals surface area contributed by atoms with Gasteiger partial charge in [-0.1, -0.05) is 90.2 Å². The van der Waals surface area contributed by atoms with Gasteiger partial charge < -0.3 is 0 Å². The molecule has 0 fully saturated rings. The van der Waals surface area contributed by atoms with E-state index in [2.05, 4.69) is 34.5 Å². The number of benzene rings is 3. The van der Waals surface area contributed by atoms with Crippen LogP contribution in [0.1, 0.15) is 0 Å². The third-order valence-electron chi connectivity index (χ3n) is 5.04. The van der Waals surface area contributed by atoms with Crippen molar-refractivity contribution < 1.29 is 0 Å². The lowest BCUT2D eigenvalue weighted by molar-refractivity contribution is 0.971. The third kappa shape index (κ3) is 2.77. The highest BCUT2D eigenvalue weighted by Crippen LogP contribution is 2.35. The van der Waals surface area contributed by atoms with Gasteiger partial charge in [0.1, 0.15) is 5.01 Å². The van der Waals surface area contributed by atoms with Crippen LogP contribution in [0.15, 0.2) is 91.0 Å². The predicted molar refractivity (Wildman–Crippen MR) is 120 cm³/mol. The molecule has 0 aliphatic rings. The number of para-hydroxylation sites is 1. The molecule has 6 aromatic rings. The molecule has 30 heavy (non-hydrogen) atoms. The molecule has 3 aromatic carbocycles. The number of nitrogens with zero attached hydrogens (tertiary/aromatic N) is 5. The minimum absolute atomic E-state index is 0.745. The second kappa shape index (κ2) is 6.86. The lowest BCUT2D eigenvalue weighted by atomic mass is 10.0. The van der Waals surface area contributed by atoms with Crippen LogP contribution in [0.25, 0.3) is 49.1 Å². The largest absolute Gasteiger partial charge is 0.248 e. The maximum Gasteiger partial charge on any atom is 0.235 e. The van der Waals surface area contributed by atoms with Crippen LogP contribution in [-0.2, 0) is 0 Å². The van der Waals surface area contributed by atoms with Gasteiger partial charge in [0.2, 0.25) is 4.96 Å². The zero-order chi connectivity index (χ0) is 19.9. The molecule has 0 aliphatic heterocycles. The summed E-state index contributed by atoms with van der Waals surface area (Å²) in [6, 6.07) is 30.5. The molecule has 6 rings (SSSR count). The Kier molecular flexibility index (Phi) is 3.89. The Bertz CT molecular complexity index is 1490. The summed E-state index contributed by atoms with van der Waals surface area (Å²) < 4.78 is 1.83. The standard InChI is InChI=1S/C24H15N5S/c1-3-9-16(10-4-1)21-15-19(18-13-7-8-14-20(18)25-21)23-28-29-22(26-27-24(29)30-23)17-11-5-2-6-12-17/h1-15H. The van der Waals surface area contributed by atoms with E-state index in [1.165, 1.54) is 11.3 Å². The van der Waals surface area contributed by atoms with E-state index >= 15 is 0 Å². The van der Waals surface area contributed by atoms with Gasteiger partial charge in [-0.05, 0) is 12.1 Å². The Morgan fingerprint density at radius 2 is 1.40 bits per heavy atom. The minimum Gasteiger partial charge on any atom is -0.248 e. The van der Waals surface area contributed by atoms with E-state index in [4.69, 9.17) is 10.1 Å². The lowest BCUT2D eigenvalue weighted by Crippen LogP contribution is -1.92. The fraction of sp³-hybridized carbons (Fsp3) is 0. The van der Waals surface area contributed by atoms with E-state index in [1.807, 2.05) is 71.2 Å². The van der Waals surface area contributed by atoms with Gasteiger partial charge in [-0.25, -0.2) is 4.98 Å². The maximum absolute atomic E-state index is 4.89. The van der Waals surface area contributed by atoms with E-state index < -0.39 is 0 Å². The first-order chi connectivity index (χ1) is 14.9. The monoisotopic (exact) mass is 405 g/mol. The molecule has 0 atom stereocenters. The first kappa shape index (κ1) is 17.0. The van der Waals surface area contributed by atoms with Crippen molar-refractivity contribution in [3.05, 3.63) is 91.0 Å². The zero-order valence-corrected chi connectivity index (χ0v) is 16.6. The maximum atomic E-state index is 4.89. The molecule has 0 bridgehead atoms. The molecular weight excluding hydrogens is 390 g/mol. The van der Waals surface area contributed by atoms with Crippen LogP contribution in [-0.4, -0.2) is 24.8 Å². The smallest absolute Gasteiger partial charge is 0.235 e. The van der Waals surface area contributed by atoms with Crippen LogP contribution in [0.4, 0.5) is 0 Å². The van der Waals surface area contributed by atoms with Crippen LogP contribution in [0.3, 0.4) is 0 Å². The number of hydrogen-bond donors (Lipinski definition) is 0. The number of hydrogen-bond acceptors (Lipinski definition) is 5. The molecule has 0 N–H and O–H groups in total. The van der Waals surface area contributed by atoms with Gasteiger partial charge in [0.25, 0.3) is 0 Å². The van der Waals surface area contributed by atoms with Crippen molar-refractivity contribution in [1.82, 2.24) is 24.8 Å². The average Bonchev–Trinajstić information content (AvgIpc) is 3.40. The fourth-order valence-corrected chi connectivity index (χ4v) is 4.47. The van der Waals surface area contributed by atoms with Crippen LogP contribution in [0.2, 0.25) is 0 Å². The first-order valence-corrected chi connectivity index (χ1v) is 10.4. The Morgan fingerprint density at radius 3 is 2.20 bits per heavy atom. The van der Waals surface area contributed by atoms with Gasteiger partial charge >= 0.3 is 0 Å². The molecule has 0 saturated carbocycles. The molecule has 5 nitrogen and oxygen atoms in total. The van der Waals surface area contributed by atoms with Crippen molar-refractivity contribution in [2.45, 2.75) is 0 Å². The molecular formula is C24H15N5S. The number of fused-ring (bicyclic) bond motifs is 2. The predicted octanol–water partition coefficient (Wildman–Crippen LogP) is 5.74. The summed E-state index contributed by atoms with van der Waals surface area (Å²) in [5.74, 6) is 0.745. The second-order valence-corrected chi connectivity index (χ2v) is 7.89. The van der Waals surface area contributed by atoms with Gasteiger partial charge in [0.15, 0.2) is 5.82 Å². The molecule has 0 saturated heterocycles. The quantitative estimate of drug-likeness (QED) is 0.377. The summed E-state index contributed by atoms with van der Waals surface area (Å²) in [6.07, 6.45) is 0. The van der Waals surface area contributed by atoms with Gasteiger partial charge in [0.05, 0.1) is 11.2 Å². The molecule has 0 spiro atoms. The molecule has 3 heterocycles. The van der Waals surface area contributed by atoms with Crippen molar-refractivity contribution >= 4 is 27.2 Å². The summed E-state index contributed by atoms with van der Waals surface area (Å²) in [4.78, 5) is 5.65. The normalized spacial score (nSPS) is 11.3. The van der Waals surface area contributed by atoms with E-state index in [0.717, 1.165) is 49.1 Å². The molecule has 142 valence electrons. The van der Waals surface area contributed by atoms with E-state index in [-0.39, 0.29) is 0 Å². The average molecular weight is 405 g/mol. The molecule has 0 unspecified atom stereocenters. The molecule has 0 aliphatic carbocycles. The summed E-state index contributed by atoms with van der Waals surface area (Å²) in [6.45, 7) is 0. The van der Waals surface area contributed by atoms with Gasteiger partial charge in [-0.3, -0.25) is 0 Å². The lowest BCUT2D eigenvalue weighted by Gasteiger charge is -2.08. The second-order valence-electron chi connectivity index (χ2n) is 6.93. The van der Waals surface area contributed by atoms with Gasteiger partial charge in [-0.15, -0.1) is 10.2 Å². The summed E-state index contributed by atoms with van der Waals surface area (Å²) >= 11 is 1.54. The van der Waals surface area contributed by atoms with Crippen molar-refractivity contribution in [3.63, 3.8) is 0 Å². The van der Waals surface area contributed by atoms with Gasteiger partial charge in [-0.2, -0.15) is 9.61 Å². The highest BCUT2D eigenvalue weighted by molar-refractivity contribution is 7.20. The molecule has 0 radical (unpaired) electrons. The molecule has 6 heteroatoms. The van der Waals surface area contributed by atoms with E-state index in [1.54, 1.807) is 0 Å². The van der Waals surface area contributed by atoms with Crippen molar-refractivity contribution in [1.29, 1.82) is 0 Å². The Labute approximate surface area is 176 Å². The Balaban J connectivity index is 1.58. The molecule has 3 aromatic heterocycles. The topological polar surface area (TPSA) is 56.0 Å². The Hall–Kier alpha value is -3.90. The van der Waals surface area contributed by atoms with E-state index in [0.29, 0.717) is 0 Å². The van der Waals surface area contributed by atoms with Crippen molar-refractivity contribution in [3.8, 4) is 33.2 Å². The summed E-state index contributed by atoms with van der Waals surface area (Å²) in [5, 5.41) is 15.5. The highest BCUT2D eigenvalue weighted by Gasteiger charge is 2.17. The minimum atomic E-state index is 0.745. The third-order valence-corrected chi connectivity index (χ3v) is 5.97. The summed E-state index contributed by atoms with van der Waals surface area (Å²) in [7, 11) is 0. The highest BCUT2D eigenvalue weighted by atomic mass is 32.1. The zero-order valence-electron chi connectivity index (χ0n) is 15.8. The van der Waals surface area contributed by atoms with Crippen LogP contribution < -0.4 is 0 Å². The molecule has 0 amide bonds. The number of aromatic nitrogens is 5. The van der Waals surface area contributed by atoms with Crippen molar-refractivity contribution in [2.24, 2.45) is 0 Å². The van der Waals surface area contributed by atoms with Crippen LogP contribution >= 0.6 is 11.3 Å².